The van der Waals surface area contributed by atoms with Gasteiger partial charge in [-0.2, -0.15) is 0 Å². The molecule has 0 bridgehead atoms. The number of fused-ring (bicyclic) bond motifs is 1. The molecule has 0 unspecified atom stereocenters. The number of hydrogen-bond donors (Lipinski definition) is 2. The lowest BCUT2D eigenvalue weighted by Gasteiger charge is -2.33. The lowest BCUT2D eigenvalue weighted by molar-refractivity contribution is -0.157. The standard InChI is InChI=1S/C18H22N2O6S/c21-16(20-9-13-10-26-7-6-18(13,11-20)17(22)23)12-2-1-3-15(8-12)27(24,25)19-14-4-5-14/h1-3,8,13-14,19H,4-7,9-11H2,(H,22,23)/t13-,18+/m0/s1. The Labute approximate surface area is 157 Å². The number of carboxylic acids is 1. The minimum absolute atomic E-state index is 0.0218. The second-order valence-corrected chi connectivity index (χ2v) is 9.31. The van der Waals surface area contributed by atoms with Crippen LogP contribution >= 0.6 is 0 Å². The third-order valence-corrected chi connectivity index (χ3v) is 7.23. The number of nitrogens with one attached hydrogen (secondary N) is 1. The Kier molecular flexibility index (Phi) is 4.48. The molecule has 1 aromatic carbocycles. The van der Waals surface area contributed by atoms with Crippen LogP contribution in [0.2, 0.25) is 0 Å². The van der Waals surface area contributed by atoms with E-state index in [0.717, 1.165) is 12.8 Å². The Hall–Kier alpha value is -1.97. The molecule has 2 aliphatic heterocycles. The number of rotatable bonds is 5. The van der Waals surface area contributed by atoms with E-state index in [4.69, 9.17) is 4.74 Å². The van der Waals surface area contributed by atoms with Crippen molar-refractivity contribution in [2.75, 3.05) is 26.3 Å². The van der Waals surface area contributed by atoms with E-state index in [1.807, 2.05) is 0 Å². The molecule has 1 saturated carbocycles. The maximum atomic E-state index is 12.9. The third kappa shape index (κ3) is 3.35. The van der Waals surface area contributed by atoms with Crippen LogP contribution in [-0.2, 0) is 19.6 Å². The third-order valence-electron chi connectivity index (χ3n) is 5.71. The van der Waals surface area contributed by atoms with E-state index in [1.54, 1.807) is 6.07 Å². The second kappa shape index (κ2) is 6.57. The van der Waals surface area contributed by atoms with Gasteiger partial charge in [-0.25, -0.2) is 13.1 Å². The Bertz CT molecular complexity index is 882. The zero-order valence-corrected chi connectivity index (χ0v) is 15.6. The summed E-state index contributed by atoms with van der Waals surface area (Å²) in [7, 11) is -3.66. The lowest BCUT2D eigenvalue weighted by Crippen LogP contribution is -2.45. The fourth-order valence-electron chi connectivity index (χ4n) is 3.92. The van der Waals surface area contributed by atoms with Gasteiger partial charge in [0, 0.05) is 37.2 Å². The number of ether oxygens (including phenoxy) is 1. The average Bonchev–Trinajstić information content (AvgIpc) is 3.35. The summed E-state index contributed by atoms with van der Waals surface area (Å²) in [5.41, 5.74) is -0.737. The number of aliphatic carboxylic acids is 1. The minimum Gasteiger partial charge on any atom is -0.481 e. The number of carbonyl (C=O) groups is 2. The summed E-state index contributed by atoms with van der Waals surface area (Å²) in [6, 6.07) is 5.89. The number of benzene rings is 1. The molecule has 0 aromatic heterocycles. The molecule has 27 heavy (non-hydrogen) atoms. The summed E-state index contributed by atoms with van der Waals surface area (Å²) >= 11 is 0. The van der Waals surface area contributed by atoms with Crippen molar-refractivity contribution in [2.45, 2.75) is 30.2 Å². The zero-order chi connectivity index (χ0) is 19.2. The van der Waals surface area contributed by atoms with Crippen molar-refractivity contribution in [3.05, 3.63) is 29.8 Å². The van der Waals surface area contributed by atoms with E-state index in [-0.39, 0.29) is 34.9 Å². The van der Waals surface area contributed by atoms with Gasteiger partial charge in [0.15, 0.2) is 0 Å². The normalized spacial score (nSPS) is 28.0. The molecule has 8 nitrogen and oxygen atoms in total. The van der Waals surface area contributed by atoms with Crippen molar-refractivity contribution < 1.29 is 27.9 Å². The number of hydrogen-bond acceptors (Lipinski definition) is 5. The molecule has 0 radical (unpaired) electrons. The first-order chi connectivity index (χ1) is 12.8. The lowest BCUT2D eigenvalue weighted by atomic mass is 9.74. The smallest absolute Gasteiger partial charge is 0.311 e. The summed E-state index contributed by atoms with van der Waals surface area (Å²) in [6.45, 7) is 1.09. The molecule has 3 fully saturated rings. The van der Waals surface area contributed by atoms with Crippen LogP contribution in [0, 0.1) is 11.3 Å². The predicted molar refractivity (Wildman–Crippen MR) is 94.7 cm³/mol. The molecule has 1 aromatic rings. The number of sulfonamides is 1. The molecule has 0 spiro atoms. The van der Waals surface area contributed by atoms with Gasteiger partial charge in [-0.3, -0.25) is 9.59 Å². The van der Waals surface area contributed by atoms with Gasteiger partial charge in [0.25, 0.3) is 5.91 Å². The van der Waals surface area contributed by atoms with Gasteiger partial charge >= 0.3 is 5.97 Å². The second-order valence-electron chi connectivity index (χ2n) is 7.59. The molecule has 9 heteroatoms. The maximum Gasteiger partial charge on any atom is 0.311 e. The molecule has 2 N–H and O–H groups in total. The highest BCUT2D eigenvalue weighted by atomic mass is 32.2. The van der Waals surface area contributed by atoms with Gasteiger partial charge in [-0.05, 0) is 37.5 Å². The number of carboxylic acid groups (broad SMARTS) is 1. The van der Waals surface area contributed by atoms with Crippen molar-refractivity contribution in [2.24, 2.45) is 11.3 Å². The molecule has 4 rings (SSSR count). The molecule has 1 amide bonds. The van der Waals surface area contributed by atoms with Gasteiger partial charge in [0.1, 0.15) is 0 Å². The fourth-order valence-corrected chi connectivity index (χ4v) is 5.27. The van der Waals surface area contributed by atoms with Crippen LogP contribution in [0.3, 0.4) is 0 Å². The Balaban J connectivity index is 1.57. The highest BCUT2D eigenvalue weighted by molar-refractivity contribution is 7.89. The molecular weight excluding hydrogens is 372 g/mol. The van der Waals surface area contributed by atoms with Crippen LogP contribution in [0.1, 0.15) is 29.6 Å². The van der Waals surface area contributed by atoms with E-state index in [9.17, 15) is 23.1 Å². The van der Waals surface area contributed by atoms with Gasteiger partial charge < -0.3 is 14.7 Å². The first-order valence-corrected chi connectivity index (χ1v) is 10.5. The Morgan fingerprint density at radius 2 is 2.07 bits per heavy atom. The summed E-state index contributed by atoms with van der Waals surface area (Å²) in [4.78, 5) is 26.4. The number of nitrogens with zero attached hydrogens (tertiary/aromatic N) is 1. The average molecular weight is 394 g/mol. The van der Waals surface area contributed by atoms with Gasteiger partial charge in [-0.15, -0.1) is 0 Å². The topological polar surface area (TPSA) is 113 Å². The molecule has 1 aliphatic carbocycles. The highest BCUT2D eigenvalue weighted by Gasteiger charge is 2.55. The van der Waals surface area contributed by atoms with Crippen molar-refractivity contribution in [1.82, 2.24) is 9.62 Å². The quantitative estimate of drug-likeness (QED) is 0.760. The van der Waals surface area contributed by atoms with E-state index in [0.29, 0.717) is 26.2 Å². The van der Waals surface area contributed by atoms with Gasteiger partial charge in [0.2, 0.25) is 10.0 Å². The molecule has 2 heterocycles. The van der Waals surface area contributed by atoms with E-state index in [1.165, 1.54) is 23.1 Å². The molecule has 146 valence electrons. The van der Waals surface area contributed by atoms with E-state index in [2.05, 4.69) is 4.72 Å². The first kappa shape index (κ1) is 18.4. The Morgan fingerprint density at radius 1 is 1.30 bits per heavy atom. The molecule has 2 atom stereocenters. The summed E-state index contributed by atoms with van der Waals surface area (Å²) < 4.78 is 32.8. The molecule has 2 saturated heterocycles. The van der Waals surface area contributed by atoms with Gasteiger partial charge in [-0.1, -0.05) is 6.07 Å². The van der Waals surface area contributed by atoms with Crippen LogP contribution in [-0.4, -0.2) is 62.6 Å². The van der Waals surface area contributed by atoms with Crippen molar-refractivity contribution >= 4 is 21.9 Å². The summed E-state index contributed by atoms with van der Waals surface area (Å²) in [5, 5.41) is 9.73. The monoisotopic (exact) mass is 394 g/mol. The number of amides is 1. The number of carbonyl (C=O) groups excluding carboxylic acids is 1. The highest BCUT2D eigenvalue weighted by Crippen LogP contribution is 2.42. The summed E-state index contributed by atoms with van der Waals surface area (Å²) in [6.07, 6.45) is 2.02. The van der Waals surface area contributed by atoms with Gasteiger partial charge in [0.05, 0.1) is 16.9 Å². The fraction of sp³-hybridized carbons (Fsp3) is 0.556. The van der Waals surface area contributed by atoms with Crippen molar-refractivity contribution in [3.8, 4) is 0 Å². The van der Waals surface area contributed by atoms with Crippen molar-refractivity contribution in [1.29, 1.82) is 0 Å². The number of likely N-dealkylation sites (tertiary alicyclic amines) is 1. The summed E-state index contributed by atoms with van der Waals surface area (Å²) in [5.74, 6) is -1.51. The molecular formula is C18H22N2O6S. The Morgan fingerprint density at radius 3 is 2.74 bits per heavy atom. The minimum atomic E-state index is -3.66. The largest absolute Gasteiger partial charge is 0.481 e. The van der Waals surface area contributed by atoms with Crippen LogP contribution in [0.5, 0.6) is 0 Å². The SMILES string of the molecule is O=C(c1cccc(S(=O)(=O)NC2CC2)c1)N1C[C@H]2COCC[C@@]2(C(=O)O)C1. The van der Waals surface area contributed by atoms with Crippen LogP contribution < -0.4 is 4.72 Å². The van der Waals surface area contributed by atoms with Crippen LogP contribution in [0.25, 0.3) is 0 Å². The molecule has 3 aliphatic rings. The maximum absolute atomic E-state index is 12.9. The predicted octanol–water partition coefficient (Wildman–Crippen LogP) is 0.691. The zero-order valence-electron chi connectivity index (χ0n) is 14.8. The van der Waals surface area contributed by atoms with Crippen LogP contribution in [0.4, 0.5) is 0 Å². The van der Waals surface area contributed by atoms with Crippen molar-refractivity contribution in [3.63, 3.8) is 0 Å². The van der Waals surface area contributed by atoms with E-state index < -0.39 is 21.4 Å². The van der Waals surface area contributed by atoms with E-state index >= 15 is 0 Å². The first-order valence-electron chi connectivity index (χ1n) is 9.05. The van der Waals surface area contributed by atoms with Crippen LogP contribution in [0.15, 0.2) is 29.2 Å².